The predicted octanol–water partition coefficient (Wildman–Crippen LogP) is 4.27. The lowest BCUT2D eigenvalue weighted by molar-refractivity contribution is -0.116. The van der Waals surface area contributed by atoms with Gasteiger partial charge in [-0.05, 0) is 80.1 Å². The molecule has 3 aromatic rings. The lowest BCUT2D eigenvalue weighted by atomic mass is 9.96. The molecular formula is C22H24ClN3O3S. The third kappa shape index (κ3) is 3.97. The number of amides is 1. The number of nitrogens with zero attached hydrogens (tertiary/aromatic N) is 1. The summed E-state index contributed by atoms with van der Waals surface area (Å²) in [5.41, 5.74) is 4.79. The number of likely N-dealkylation sites (N-methyl/N-ethyl adjacent to an activating group) is 1. The zero-order valence-electron chi connectivity index (χ0n) is 17.0. The molecule has 2 N–H and O–H groups in total. The molecule has 0 fully saturated rings. The Kier molecular flexibility index (Phi) is 5.61. The second-order valence-corrected chi connectivity index (χ2v) is 10.2. The Balaban J connectivity index is 1.54. The second kappa shape index (κ2) is 8.06. The Morgan fingerprint density at radius 3 is 2.70 bits per heavy atom. The largest absolute Gasteiger partial charge is 0.358 e. The Morgan fingerprint density at radius 2 is 1.93 bits per heavy atom. The van der Waals surface area contributed by atoms with Gasteiger partial charge >= 0.3 is 0 Å². The molecule has 0 spiro atoms. The van der Waals surface area contributed by atoms with E-state index in [1.807, 2.05) is 13.0 Å². The summed E-state index contributed by atoms with van der Waals surface area (Å²) < 4.78 is 27.2. The van der Waals surface area contributed by atoms with Crippen LogP contribution in [0.1, 0.15) is 29.7 Å². The highest BCUT2D eigenvalue weighted by molar-refractivity contribution is 7.89. The zero-order chi connectivity index (χ0) is 21.5. The summed E-state index contributed by atoms with van der Waals surface area (Å²) in [6.07, 6.45) is 4.21. The molecule has 0 unspecified atom stereocenters. The van der Waals surface area contributed by atoms with Crippen molar-refractivity contribution in [2.45, 2.75) is 37.5 Å². The normalized spacial score (nSPS) is 14.1. The van der Waals surface area contributed by atoms with Crippen molar-refractivity contribution in [2.24, 2.45) is 0 Å². The number of rotatable bonds is 5. The molecule has 0 aliphatic heterocycles. The number of carbonyl (C=O) groups is 1. The Labute approximate surface area is 181 Å². The van der Waals surface area contributed by atoms with E-state index in [0.29, 0.717) is 10.7 Å². The maximum absolute atomic E-state index is 13.1. The van der Waals surface area contributed by atoms with Crippen LogP contribution in [0.2, 0.25) is 5.02 Å². The number of halogens is 1. The van der Waals surface area contributed by atoms with Gasteiger partial charge < -0.3 is 10.3 Å². The number of aryl methyl sites for hydroxylation is 3. The van der Waals surface area contributed by atoms with Crippen molar-refractivity contribution in [3.63, 3.8) is 0 Å². The van der Waals surface area contributed by atoms with Crippen molar-refractivity contribution in [1.82, 2.24) is 9.29 Å². The van der Waals surface area contributed by atoms with Crippen LogP contribution in [0.4, 0.5) is 5.69 Å². The van der Waals surface area contributed by atoms with Crippen LogP contribution < -0.4 is 5.32 Å². The number of aromatic amines is 1. The number of fused-ring (bicyclic) bond motifs is 3. The molecule has 30 heavy (non-hydrogen) atoms. The van der Waals surface area contributed by atoms with Crippen molar-refractivity contribution >= 4 is 44.1 Å². The molecule has 158 valence electrons. The van der Waals surface area contributed by atoms with Gasteiger partial charge in [0.2, 0.25) is 15.9 Å². The first-order chi connectivity index (χ1) is 14.3. The number of carbonyl (C=O) groups excluding carboxylic acids is 1. The molecule has 1 aromatic heterocycles. The minimum absolute atomic E-state index is 0.195. The molecular weight excluding hydrogens is 422 g/mol. The zero-order valence-corrected chi connectivity index (χ0v) is 18.5. The van der Waals surface area contributed by atoms with E-state index >= 15 is 0 Å². The average Bonchev–Trinajstić information content (AvgIpc) is 3.08. The first-order valence-corrected chi connectivity index (χ1v) is 11.7. The molecule has 0 saturated carbocycles. The molecule has 0 bridgehead atoms. The van der Waals surface area contributed by atoms with Crippen molar-refractivity contribution < 1.29 is 13.2 Å². The van der Waals surface area contributed by atoms with Gasteiger partial charge in [0, 0.05) is 34.4 Å². The van der Waals surface area contributed by atoms with Crippen LogP contribution in [-0.4, -0.2) is 37.2 Å². The summed E-state index contributed by atoms with van der Waals surface area (Å²) in [6.45, 7) is 1.54. The van der Waals surface area contributed by atoms with Crippen molar-refractivity contribution in [1.29, 1.82) is 0 Å². The van der Waals surface area contributed by atoms with Crippen LogP contribution in [0.15, 0.2) is 41.3 Å². The van der Waals surface area contributed by atoms with Gasteiger partial charge in [-0.15, -0.1) is 0 Å². The van der Waals surface area contributed by atoms with Gasteiger partial charge in [0.05, 0.1) is 11.4 Å². The van der Waals surface area contributed by atoms with Crippen LogP contribution in [0.25, 0.3) is 10.9 Å². The summed E-state index contributed by atoms with van der Waals surface area (Å²) in [7, 11) is -2.38. The number of aromatic nitrogens is 1. The highest BCUT2D eigenvalue weighted by Crippen LogP contribution is 2.31. The second-order valence-electron chi connectivity index (χ2n) is 7.77. The average molecular weight is 446 g/mol. The molecule has 2 aromatic carbocycles. The van der Waals surface area contributed by atoms with E-state index in [1.54, 1.807) is 30.3 Å². The third-order valence-corrected chi connectivity index (χ3v) is 7.64. The topological polar surface area (TPSA) is 82.3 Å². The molecule has 1 aliphatic carbocycles. The quantitative estimate of drug-likeness (QED) is 0.615. The monoisotopic (exact) mass is 445 g/mol. The van der Waals surface area contributed by atoms with Crippen molar-refractivity contribution in [3.05, 3.63) is 58.2 Å². The molecule has 6 nitrogen and oxygen atoms in total. The highest BCUT2D eigenvalue weighted by Gasteiger charge is 2.25. The minimum Gasteiger partial charge on any atom is -0.358 e. The van der Waals surface area contributed by atoms with E-state index in [-0.39, 0.29) is 11.4 Å². The number of benzene rings is 2. The van der Waals surface area contributed by atoms with E-state index in [0.717, 1.165) is 46.5 Å². The summed E-state index contributed by atoms with van der Waals surface area (Å²) in [6, 6.07) is 10.3. The van der Waals surface area contributed by atoms with Crippen LogP contribution in [-0.2, 0) is 27.7 Å². The fourth-order valence-electron chi connectivity index (χ4n) is 3.97. The van der Waals surface area contributed by atoms with Gasteiger partial charge in [-0.3, -0.25) is 4.79 Å². The van der Waals surface area contributed by atoms with Gasteiger partial charge in [-0.1, -0.05) is 11.6 Å². The summed E-state index contributed by atoms with van der Waals surface area (Å²) in [5, 5.41) is 4.28. The van der Waals surface area contributed by atoms with Crippen LogP contribution in [0.3, 0.4) is 0 Å². The van der Waals surface area contributed by atoms with E-state index in [2.05, 4.69) is 10.3 Å². The van der Waals surface area contributed by atoms with Crippen LogP contribution >= 0.6 is 11.6 Å². The van der Waals surface area contributed by atoms with Gasteiger partial charge in [-0.2, -0.15) is 4.31 Å². The molecule has 1 amide bonds. The Hall–Kier alpha value is -2.35. The van der Waals surface area contributed by atoms with E-state index < -0.39 is 15.9 Å². The van der Waals surface area contributed by atoms with Gasteiger partial charge in [0.25, 0.3) is 0 Å². The maximum atomic E-state index is 13.1. The van der Waals surface area contributed by atoms with Gasteiger partial charge in [0.15, 0.2) is 0 Å². The number of hydrogen-bond donors (Lipinski definition) is 2. The number of H-pyrrole nitrogens is 1. The number of sulfonamides is 1. The number of hydrogen-bond acceptors (Lipinski definition) is 3. The van der Waals surface area contributed by atoms with E-state index in [4.69, 9.17) is 11.6 Å². The first kappa shape index (κ1) is 20.9. The molecule has 0 saturated heterocycles. The standard InChI is InChI=1S/C22H24ClN3O3S/c1-14-11-15(23)7-9-19(14)25-22(27)13-26(2)30(28,29)16-8-10-21-18(12-16)17-5-3-4-6-20(17)24-21/h7-12,24H,3-6,13H2,1-2H3,(H,25,27). The summed E-state index contributed by atoms with van der Waals surface area (Å²) in [5.74, 6) is -0.411. The summed E-state index contributed by atoms with van der Waals surface area (Å²) in [4.78, 5) is 16.1. The summed E-state index contributed by atoms with van der Waals surface area (Å²) >= 11 is 5.94. The predicted molar refractivity (Wildman–Crippen MR) is 120 cm³/mol. The smallest absolute Gasteiger partial charge is 0.243 e. The highest BCUT2D eigenvalue weighted by atomic mass is 35.5. The SMILES string of the molecule is Cc1cc(Cl)ccc1NC(=O)CN(C)S(=O)(=O)c1ccc2[nH]c3c(c2c1)CCCC3. The van der Waals surface area contributed by atoms with Crippen molar-refractivity contribution in [2.75, 3.05) is 18.9 Å². The Bertz CT molecular complexity index is 1230. The van der Waals surface area contributed by atoms with E-state index in [1.165, 1.54) is 18.3 Å². The van der Waals surface area contributed by atoms with Gasteiger partial charge in [-0.25, -0.2) is 8.42 Å². The fraction of sp³-hybridized carbons (Fsp3) is 0.318. The fourth-order valence-corrected chi connectivity index (χ4v) is 5.35. The first-order valence-electron chi connectivity index (χ1n) is 9.91. The Morgan fingerprint density at radius 1 is 1.17 bits per heavy atom. The molecule has 8 heteroatoms. The molecule has 1 heterocycles. The van der Waals surface area contributed by atoms with Gasteiger partial charge in [0.1, 0.15) is 0 Å². The molecule has 0 atom stereocenters. The molecule has 4 rings (SSSR count). The molecule has 1 aliphatic rings. The lowest BCUT2D eigenvalue weighted by Gasteiger charge is -2.18. The minimum atomic E-state index is -3.80. The molecule has 0 radical (unpaired) electrons. The maximum Gasteiger partial charge on any atom is 0.243 e. The lowest BCUT2D eigenvalue weighted by Crippen LogP contribution is -2.35. The third-order valence-electron chi connectivity index (χ3n) is 5.61. The number of nitrogens with one attached hydrogen (secondary N) is 2. The van der Waals surface area contributed by atoms with Crippen LogP contribution in [0, 0.1) is 6.92 Å². The van der Waals surface area contributed by atoms with Crippen molar-refractivity contribution in [3.8, 4) is 0 Å². The van der Waals surface area contributed by atoms with Crippen LogP contribution in [0.5, 0.6) is 0 Å². The number of anilines is 1. The van der Waals surface area contributed by atoms with E-state index in [9.17, 15) is 13.2 Å².